The van der Waals surface area contributed by atoms with Crippen molar-refractivity contribution in [2.45, 2.75) is 63.7 Å². The number of hydrogen-bond donors (Lipinski definition) is 4. The van der Waals surface area contributed by atoms with Gasteiger partial charge in [0.15, 0.2) is 13.2 Å². The Bertz CT molecular complexity index is 3210. The molecule has 0 heterocycles. The topological polar surface area (TPSA) is 280 Å². The molecular formula is C62H62F6N4O14. The zero-order valence-electron chi connectivity index (χ0n) is 46.2. The van der Waals surface area contributed by atoms with Gasteiger partial charge in [-0.25, -0.2) is 28.8 Å². The van der Waals surface area contributed by atoms with Crippen molar-refractivity contribution in [2.24, 2.45) is 0 Å². The molecule has 18 nitrogen and oxygen atoms in total. The van der Waals surface area contributed by atoms with Gasteiger partial charge in [-0.3, -0.25) is 0 Å². The standard InChI is InChI=1S/C32H33F3N2O7.C30H29F3N2O7/c33-32(34,35)21-43-27-13-9-23(10-14-27)31(40)44-28-11-6-22(7-12-28)8-15-29(38)41-16-4-2-1-3-5-17-42-30(39)24-18-25(36)20-26(37)19-24;31-30(32,33)19-41-25-11-7-21(8-12-25)29(38)42-26-9-4-20(5-10-26)6-13-27(36)39-14-2-1-3-15-40-28(37)22-16-23(34)18-24(35)17-22/h6-15,18-20H,1-5,16-17,21,36-37H2;4-13,16-18H,1-3,14-15,19,34-35H2. The van der Waals surface area contributed by atoms with Gasteiger partial charge in [-0.1, -0.05) is 43.5 Å². The molecule has 0 spiro atoms. The van der Waals surface area contributed by atoms with Crippen molar-refractivity contribution in [3.63, 3.8) is 0 Å². The van der Waals surface area contributed by atoms with E-state index in [0.29, 0.717) is 71.5 Å². The molecule has 0 aromatic heterocycles. The molecule has 0 fully saturated rings. The molecule has 6 aromatic carbocycles. The summed E-state index contributed by atoms with van der Waals surface area (Å²) >= 11 is 0. The van der Waals surface area contributed by atoms with E-state index in [4.69, 9.17) is 51.4 Å². The molecule has 86 heavy (non-hydrogen) atoms. The molecule has 0 bridgehead atoms. The van der Waals surface area contributed by atoms with E-state index in [1.807, 2.05) is 0 Å². The maximum Gasteiger partial charge on any atom is 0.422 e. The van der Waals surface area contributed by atoms with Crippen LogP contribution in [0, 0.1) is 0 Å². The van der Waals surface area contributed by atoms with Crippen LogP contribution in [0.25, 0.3) is 12.2 Å². The van der Waals surface area contributed by atoms with Gasteiger partial charge in [-0.2, -0.15) is 26.3 Å². The van der Waals surface area contributed by atoms with Crippen molar-refractivity contribution >= 4 is 70.7 Å². The quantitative estimate of drug-likeness (QED) is 0.00675. The van der Waals surface area contributed by atoms with Crippen molar-refractivity contribution < 1.29 is 93.0 Å². The molecule has 0 saturated heterocycles. The second-order valence-electron chi connectivity index (χ2n) is 18.7. The van der Waals surface area contributed by atoms with Crippen LogP contribution >= 0.6 is 0 Å². The summed E-state index contributed by atoms with van der Waals surface area (Å²) in [5, 5.41) is 0. The lowest BCUT2D eigenvalue weighted by atomic mass is 10.1. The lowest BCUT2D eigenvalue weighted by Crippen LogP contribution is -2.19. The summed E-state index contributed by atoms with van der Waals surface area (Å²) in [5.74, 6) is -2.96. The summed E-state index contributed by atoms with van der Waals surface area (Å²) < 4.78 is 114. The summed E-state index contributed by atoms with van der Waals surface area (Å²) in [5.41, 5.74) is 26.5. The molecule has 24 heteroatoms. The number of benzene rings is 6. The highest BCUT2D eigenvalue weighted by Gasteiger charge is 2.29. The van der Waals surface area contributed by atoms with E-state index < -0.39 is 61.4 Å². The van der Waals surface area contributed by atoms with Crippen LogP contribution in [0.1, 0.15) is 104 Å². The van der Waals surface area contributed by atoms with Crippen LogP contribution in [0.5, 0.6) is 23.0 Å². The molecule has 0 aliphatic heterocycles. The van der Waals surface area contributed by atoms with E-state index in [0.717, 1.165) is 19.3 Å². The average molecular weight is 1200 g/mol. The van der Waals surface area contributed by atoms with Crippen molar-refractivity contribution in [1.82, 2.24) is 0 Å². The van der Waals surface area contributed by atoms with Gasteiger partial charge in [0.2, 0.25) is 0 Å². The third-order valence-electron chi connectivity index (χ3n) is 11.4. The molecule has 8 N–H and O–H groups in total. The van der Waals surface area contributed by atoms with Crippen LogP contribution in [-0.4, -0.2) is 87.8 Å². The molecular weight excluding hydrogens is 1140 g/mol. The Balaban J connectivity index is 0.000000314. The SMILES string of the molecule is Nc1cc(N)cc(C(=O)OCCCCCCCOC(=O)C=Cc2ccc(OC(=O)c3ccc(OCC(F)(F)F)cc3)cc2)c1.Nc1cc(N)cc(C(=O)OCCCCCOC(=O)C=Cc2ccc(OC(=O)c3ccc(OCC(F)(F)F)cc3)cc2)c1. The smallest absolute Gasteiger partial charge is 0.422 e. The maximum atomic E-state index is 12.3. The zero-order chi connectivity index (χ0) is 62.5. The summed E-state index contributed by atoms with van der Waals surface area (Å²) in [6, 6.07) is 32.0. The number of rotatable bonds is 28. The van der Waals surface area contributed by atoms with Gasteiger partial charge in [0.05, 0.1) is 48.7 Å². The van der Waals surface area contributed by atoms with Gasteiger partial charge in [-0.05, 0) is 165 Å². The fraction of sp³-hybridized carbons (Fsp3) is 0.258. The molecule has 0 unspecified atom stereocenters. The van der Waals surface area contributed by atoms with Crippen LogP contribution in [0.3, 0.4) is 0 Å². The van der Waals surface area contributed by atoms with Crippen LogP contribution < -0.4 is 41.9 Å². The highest BCUT2D eigenvalue weighted by molar-refractivity contribution is 5.94. The number of ether oxygens (including phenoxy) is 8. The second kappa shape index (κ2) is 33.9. The number of esters is 6. The van der Waals surface area contributed by atoms with Crippen LogP contribution in [-0.2, 0) is 28.5 Å². The monoisotopic (exact) mass is 1200 g/mol. The summed E-state index contributed by atoms with van der Waals surface area (Å²) in [4.78, 5) is 72.6. The molecule has 0 radical (unpaired) electrons. The molecule has 0 aliphatic rings. The number of nitrogens with two attached hydrogens (primary N) is 4. The van der Waals surface area contributed by atoms with E-state index in [9.17, 15) is 55.1 Å². The van der Waals surface area contributed by atoms with E-state index in [1.165, 1.54) is 115 Å². The first-order valence-corrected chi connectivity index (χ1v) is 26.6. The maximum absolute atomic E-state index is 12.3. The van der Waals surface area contributed by atoms with Crippen LogP contribution in [0.2, 0.25) is 0 Å². The Kier molecular flexibility index (Phi) is 26.4. The average Bonchev–Trinajstić information content (AvgIpc) is 3.67. The van der Waals surface area contributed by atoms with Crippen molar-refractivity contribution in [2.75, 3.05) is 62.6 Å². The van der Waals surface area contributed by atoms with E-state index in [-0.39, 0.29) is 66.1 Å². The number of anilines is 4. The third-order valence-corrected chi connectivity index (χ3v) is 11.4. The molecule has 0 saturated carbocycles. The number of unbranched alkanes of at least 4 members (excludes halogenated alkanes) is 6. The molecule has 0 atom stereocenters. The van der Waals surface area contributed by atoms with Gasteiger partial charge in [-0.15, -0.1) is 0 Å². The van der Waals surface area contributed by atoms with E-state index in [2.05, 4.69) is 9.47 Å². The lowest BCUT2D eigenvalue weighted by molar-refractivity contribution is -0.154. The number of carbonyl (C=O) groups is 6. The molecule has 0 aliphatic carbocycles. The van der Waals surface area contributed by atoms with Crippen molar-refractivity contribution in [3.8, 4) is 23.0 Å². The Morgan fingerprint density at radius 3 is 0.965 bits per heavy atom. The fourth-order valence-electron chi connectivity index (χ4n) is 7.30. The Labute approximate surface area is 490 Å². The highest BCUT2D eigenvalue weighted by Crippen LogP contribution is 2.24. The van der Waals surface area contributed by atoms with Crippen LogP contribution in [0.15, 0.2) is 146 Å². The minimum Gasteiger partial charge on any atom is -0.484 e. The minimum absolute atomic E-state index is 0.0244. The van der Waals surface area contributed by atoms with E-state index in [1.54, 1.807) is 42.5 Å². The largest absolute Gasteiger partial charge is 0.484 e. The van der Waals surface area contributed by atoms with Gasteiger partial charge < -0.3 is 60.8 Å². The second-order valence-corrected chi connectivity index (χ2v) is 18.7. The minimum atomic E-state index is -4.46. The van der Waals surface area contributed by atoms with Gasteiger partial charge >= 0.3 is 48.2 Å². The normalized spacial score (nSPS) is 11.2. The first-order valence-electron chi connectivity index (χ1n) is 26.6. The molecule has 6 aromatic rings. The van der Waals surface area contributed by atoms with Gasteiger partial charge in [0.1, 0.15) is 23.0 Å². The van der Waals surface area contributed by atoms with Gasteiger partial charge in [0.25, 0.3) is 0 Å². The first-order chi connectivity index (χ1) is 41.0. The Morgan fingerprint density at radius 2 is 0.640 bits per heavy atom. The summed E-state index contributed by atoms with van der Waals surface area (Å²) in [6.45, 7) is -1.88. The van der Waals surface area contributed by atoms with Gasteiger partial charge in [0, 0.05) is 34.9 Å². The predicted molar refractivity (Wildman–Crippen MR) is 307 cm³/mol. The first kappa shape index (κ1) is 66.8. The lowest BCUT2D eigenvalue weighted by Gasteiger charge is -2.09. The zero-order valence-corrected chi connectivity index (χ0v) is 46.2. The fourth-order valence-corrected chi connectivity index (χ4v) is 7.30. The highest BCUT2D eigenvalue weighted by atomic mass is 19.4. The van der Waals surface area contributed by atoms with Crippen molar-refractivity contribution in [1.29, 1.82) is 0 Å². The number of halogens is 6. The number of alkyl halides is 6. The predicted octanol–water partition coefficient (Wildman–Crippen LogP) is 12.0. The Hall–Kier alpha value is -10.0. The number of carbonyl (C=O) groups excluding carboxylic acids is 6. The summed E-state index contributed by atoms with van der Waals surface area (Å²) in [7, 11) is 0. The van der Waals surface area contributed by atoms with Crippen LogP contribution in [0.4, 0.5) is 49.1 Å². The number of nitrogen functional groups attached to an aromatic ring is 4. The molecule has 6 rings (SSSR count). The Morgan fingerprint density at radius 1 is 0.349 bits per heavy atom. The third kappa shape index (κ3) is 26.5. The molecule has 456 valence electrons. The summed E-state index contributed by atoms with van der Waals surface area (Å²) in [6.07, 6.45) is 2.63. The number of hydrogen-bond acceptors (Lipinski definition) is 18. The van der Waals surface area contributed by atoms with E-state index >= 15 is 0 Å². The molecule has 0 amide bonds. The van der Waals surface area contributed by atoms with Crippen molar-refractivity contribution in [3.05, 3.63) is 179 Å².